The standard InChI is InChI=1S/C10H21N3OS/c1-12-5-3-6-13(8-7-12)10(15)11-4-9-14-2/h3-9H2,1-2H3,(H,11,15). The molecule has 1 aliphatic heterocycles. The van der Waals surface area contributed by atoms with Gasteiger partial charge in [0.1, 0.15) is 0 Å². The number of nitrogens with one attached hydrogen (secondary N) is 1. The number of rotatable bonds is 3. The minimum Gasteiger partial charge on any atom is -0.383 e. The summed E-state index contributed by atoms with van der Waals surface area (Å²) < 4.78 is 4.97. The summed E-state index contributed by atoms with van der Waals surface area (Å²) in [5, 5.41) is 4.07. The molecule has 88 valence electrons. The topological polar surface area (TPSA) is 27.7 Å². The van der Waals surface area contributed by atoms with E-state index < -0.39 is 0 Å². The van der Waals surface area contributed by atoms with Crippen LogP contribution in [0.1, 0.15) is 6.42 Å². The highest BCUT2D eigenvalue weighted by molar-refractivity contribution is 7.80. The lowest BCUT2D eigenvalue weighted by Crippen LogP contribution is -2.42. The van der Waals surface area contributed by atoms with Gasteiger partial charge in [-0.1, -0.05) is 0 Å². The summed E-state index contributed by atoms with van der Waals surface area (Å²) in [6.07, 6.45) is 1.18. The van der Waals surface area contributed by atoms with Gasteiger partial charge in [0.05, 0.1) is 6.61 Å². The highest BCUT2D eigenvalue weighted by atomic mass is 32.1. The van der Waals surface area contributed by atoms with E-state index in [9.17, 15) is 0 Å². The van der Waals surface area contributed by atoms with Gasteiger partial charge in [-0.05, 0) is 32.2 Å². The second kappa shape index (κ2) is 6.98. The van der Waals surface area contributed by atoms with Crippen LogP contribution >= 0.6 is 12.2 Å². The largest absolute Gasteiger partial charge is 0.383 e. The minimum absolute atomic E-state index is 0.702. The molecule has 0 aromatic rings. The minimum atomic E-state index is 0.702. The van der Waals surface area contributed by atoms with E-state index in [1.54, 1.807) is 7.11 Å². The van der Waals surface area contributed by atoms with Crippen LogP contribution in [0.4, 0.5) is 0 Å². The second-order valence-electron chi connectivity index (χ2n) is 3.87. The van der Waals surface area contributed by atoms with Gasteiger partial charge in [0.15, 0.2) is 5.11 Å². The zero-order valence-corrected chi connectivity index (χ0v) is 10.5. The van der Waals surface area contributed by atoms with E-state index in [0.29, 0.717) is 6.61 Å². The molecule has 1 saturated heterocycles. The van der Waals surface area contributed by atoms with Crippen molar-refractivity contribution >= 4 is 17.3 Å². The van der Waals surface area contributed by atoms with E-state index >= 15 is 0 Å². The van der Waals surface area contributed by atoms with Crippen molar-refractivity contribution in [1.29, 1.82) is 0 Å². The van der Waals surface area contributed by atoms with Gasteiger partial charge in [0.25, 0.3) is 0 Å². The van der Waals surface area contributed by atoms with Gasteiger partial charge in [0.2, 0.25) is 0 Å². The lowest BCUT2D eigenvalue weighted by Gasteiger charge is -2.23. The van der Waals surface area contributed by atoms with E-state index in [2.05, 4.69) is 22.2 Å². The molecule has 0 atom stereocenters. The van der Waals surface area contributed by atoms with Crippen LogP contribution in [0, 0.1) is 0 Å². The molecule has 0 aliphatic carbocycles. The molecule has 4 nitrogen and oxygen atoms in total. The van der Waals surface area contributed by atoms with Gasteiger partial charge < -0.3 is 19.9 Å². The molecule has 1 heterocycles. The van der Waals surface area contributed by atoms with Crippen molar-refractivity contribution in [3.05, 3.63) is 0 Å². The van der Waals surface area contributed by atoms with Crippen LogP contribution in [0.25, 0.3) is 0 Å². The Hall–Kier alpha value is -0.390. The third kappa shape index (κ3) is 4.77. The Kier molecular flexibility index (Phi) is 5.90. The molecule has 0 aromatic heterocycles. The quantitative estimate of drug-likeness (QED) is 0.551. The van der Waals surface area contributed by atoms with Gasteiger partial charge in [-0.25, -0.2) is 0 Å². The fourth-order valence-electron chi connectivity index (χ4n) is 1.62. The van der Waals surface area contributed by atoms with E-state index in [4.69, 9.17) is 17.0 Å². The molecule has 0 saturated carbocycles. The highest BCUT2D eigenvalue weighted by Gasteiger charge is 2.13. The first-order valence-electron chi connectivity index (χ1n) is 5.44. The molecule has 0 bridgehead atoms. The molecule has 0 unspecified atom stereocenters. The molecule has 0 amide bonds. The Morgan fingerprint density at radius 3 is 2.87 bits per heavy atom. The second-order valence-corrected chi connectivity index (χ2v) is 4.26. The maximum atomic E-state index is 5.33. The van der Waals surface area contributed by atoms with Crippen molar-refractivity contribution in [2.75, 3.05) is 53.5 Å². The van der Waals surface area contributed by atoms with Crippen molar-refractivity contribution in [3.63, 3.8) is 0 Å². The van der Waals surface area contributed by atoms with Crippen LogP contribution in [-0.2, 0) is 4.74 Å². The highest BCUT2D eigenvalue weighted by Crippen LogP contribution is 2.01. The van der Waals surface area contributed by atoms with Gasteiger partial charge in [-0.3, -0.25) is 0 Å². The predicted octanol–water partition coefficient (Wildman–Crippen LogP) is 0.145. The summed E-state index contributed by atoms with van der Waals surface area (Å²) in [4.78, 5) is 4.59. The molecule has 1 fully saturated rings. The fraction of sp³-hybridized carbons (Fsp3) is 0.900. The first kappa shape index (κ1) is 12.7. The van der Waals surface area contributed by atoms with Crippen LogP contribution < -0.4 is 5.32 Å². The number of likely N-dealkylation sites (N-methyl/N-ethyl adjacent to an activating group) is 1. The fourth-order valence-corrected chi connectivity index (χ4v) is 1.91. The molecule has 0 spiro atoms. The van der Waals surface area contributed by atoms with E-state index in [1.807, 2.05) is 0 Å². The number of ether oxygens (including phenoxy) is 1. The zero-order chi connectivity index (χ0) is 11.1. The average Bonchev–Trinajstić information content (AvgIpc) is 2.43. The van der Waals surface area contributed by atoms with Crippen LogP contribution in [0.15, 0.2) is 0 Å². The Morgan fingerprint density at radius 2 is 2.13 bits per heavy atom. The molecule has 15 heavy (non-hydrogen) atoms. The number of hydrogen-bond acceptors (Lipinski definition) is 3. The van der Waals surface area contributed by atoms with Crippen LogP contribution in [0.5, 0.6) is 0 Å². The Balaban J connectivity index is 2.25. The lowest BCUT2D eigenvalue weighted by atomic mass is 10.4. The summed E-state index contributed by atoms with van der Waals surface area (Å²) in [6.45, 7) is 5.83. The normalized spacial score (nSPS) is 18.7. The van der Waals surface area contributed by atoms with E-state index in [-0.39, 0.29) is 0 Å². The first-order chi connectivity index (χ1) is 7.24. The molecule has 0 aromatic carbocycles. The van der Waals surface area contributed by atoms with Gasteiger partial charge in [0, 0.05) is 33.3 Å². The molecule has 0 radical (unpaired) electrons. The Bertz CT molecular complexity index is 201. The number of thiocarbonyl (C=S) groups is 1. The summed E-state index contributed by atoms with van der Waals surface area (Å²) in [5.41, 5.74) is 0. The molecule has 5 heteroatoms. The molecule has 1 rings (SSSR count). The zero-order valence-electron chi connectivity index (χ0n) is 9.66. The van der Waals surface area contributed by atoms with Gasteiger partial charge in [-0.15, -0.1) is 0 Å². The predicted molar refractivity (Wildman–Crippen MR) is 66.2 cm³/mol. The lowest BCUT2D eigenvalue weighted by molar-refractivity contribution is 0.203. The molecular formula is C10H21N3OS. The number of methoxy groups -OCH3 is 1. The average molecular weight is 231 g/mol. The van der Waals surface area contributed by atoms with E-state index in [1.165, 1.54) is 6.42 Å². The monoisotopic (exact) mass is 231 g/mol. The maximum Gasteiger partial charge on any atom is 0.169 e. The van der Waals surface area contributed by atoms with Crippen LogP contribution in [0.2, 0.25) is 0 Å². The van der Waals surface area contributed by atoms with Crippen molar-refractivity contribution in [1.82, 2.24) is 15.1 Å². The van der Waals surface area contributed by atoms with Gasteiger partial charge in [-0.2, -0.15) is 0 Å². The van der Waals surface area contributed by atoms with Crippen LogP contribution in [-0.4, -0.2) is 68.4 Å². The summed E-state index contributed by atoms with van der Waals surface area (Å²) in [7, 11) is 3.86. The SMILES string of the molecule is COCCNC(=S)N1CCCN(C)CC1. The van der Waals surface area contributed by atoms with E-state index in [0.717, 1.165) is 37.8 Å². The van der Waals surface area contributed by atoms with Crippen LogP contribution in [0.3, 0.4) is 0 Å². The third-order valence-corrected chi connectivity index (χ3v) is 2.99. The maximum absolute atomic E-state index is 5.33. The van der Waals surface area contributed by atoms with Crippen molar-refractivity contribution < 1.29 is 4.74 Å². The smallest absolute Gasteiger partial charge is 0.169 e. The molecule has 1 N–H and O–H groups in total. The summed E-state index contributed by atoms with van der Waals surface area (Å²) in [5.74, 6) is 0. The Labute approximate surface area is 97.6 Å². The number of nitrogens with zero attached hydrogens (tertiary/aromatic N) is 2. The summed E-state index contributed by atoms with van der Waals surface area (Å²) in [6, 6.07) is 0. The third-order valence-electron chi connectivity index (χ3n) is 2.59. The number of hydrogen-bond donors (Lipinski definition) is 1. The molecule has 1 aliphatic rings. The first-order valence-corrected chi connectivity index (χ1v) is 5.85. The molecular weight excluding hydrogens is 210 g/mol. The van der Waals surface area contributed by atoms with Crippen molar-refractivity contribution in [3.8, 4) is 0 Å². The van der Waals surface area contributed by atoms with Crippen molar-refractivity contribution in [2.24, 2.45) is 0 Å². The van der Waals surface area contributed by atoms with Gasteiger partial charge >= 0.3 is 0 Å². The summed E-state index contributed by atoms with van der Waals surface area (Å²) >= 11 is 5.33. The van der Waals surface area contributed by atoms with Crippen molar-refractivity contribution in [2.45, 2.75) is 6.42 Å². The Morgan fingerprint density at radius 1 is 1.33 bits per heavy atom.